The van der Waals surface area contributed by atoms with Crippen molar-refractivity contribution in [3.63, 3.8) is 0 Å². The Bertz CT molecular complexity index is 459. The monoisotopic (exact) mass is 282 g/mol. The van der Waals surface area contributed by atoms with Gasteiger partial charge in [0.1, 0.15) is 5.75 Å². The molecule has 19 heavy (non-hydrogen) atoms. The summed E-state index contributed by atoms with van der Waals surface area (Å²) in [4.78, 5) is 14.0. The number of carbonyl (C=O) groups is 1. The molecule has 1 unspecified atom stereocenters. The van der Waals surface area contributed by atoms with Crippen LogP contribution in [-0.4, -0.2) is 30.0 Å². The van der Waals surface area contributed by atoms with Crippen molar-refractivity contribution in [2.45, 2.75) is 32.4 Å². The number of likely N-dealkylation sites (tertiary alicyclic amines) is 1. The molecule has 1 saturated heterocycles. The topological polar surface area (TPSA) is 55.6 Å². The predicted octanol–water partition coefficient (Wildman–Crippen LogP) is 2.19. The van der Waals surface area contributed by atoms with E-state index in [1.165, 1.54) is 0 Å². The highest BCUT2D eigenvalue weighted by Gasteiger charge is 2.25. The first-order chi connectivity index (χ1) is 9.13. The lowest BCUT2D eigenvalue weighted by Crippen LogP contribution is -2.38. The Hall–Kier alpha value is -1.26. The zero-order chi connectivity index (χ0) is 13.8. The van der Waals surface area contributed by atoms with Crippen molar-refractivity contribution in [2.75, 3.05) is 13.1 Å². The van der Waals surface area contributed by atoms with Gasteiger partial charge in [-0.3, -0.25) is 4.79 Å². The Morgan fingerprint density at radius 1 is 1.47 bits per heavy atom. The van der Waals surface area contributed by atoms with E-state index in [2.05, 4.69) is 0 Å². The smallest absolute Gasteiger partial charge is 0.263 e. The van der Waals surface area contributed by atoms with Crippen LogP contribution in [0.1, 0.15) is 25.3 Å². The van der Waals surface area contributed by atoms with Gasteiger partial charge in [-0.2, -0.15) is 0 Å². The van der Waals surface area contributed by atoms with Crippen LogP contribution in [0.5, 0.6) is 5.75 Å². The van der Waals surface area contributed by atoms with Crippen molar-refractivity contribution in [1.29, 1.82) is 0 Å². The molecule has 0 aliphatic carbocycles. The quantitative estimate of drug-likeness (QED) is 0.921. The molecule has 0 saturated carbocycles. The van der Waals surface area contributed by atoms with Gasteiger partial charge in [-0.15, -0.1) is 0 Å². The molecule has 104 valence electrons. The molecular formula is C14H19ClN2O2. The summed E-state index contributed by atoms with van der Waals surface area (Å²) in [5.74, 6) is 0.621. The number of amides is 1. The summed E-state index contributed by atoms with van der Waals surface area (Å²) in [6, 6.07) is 5.36. The van der Waals surface area contributed by atoms with Gasteiger partial charge in [-0.25, -0.2) is 0 Å². The Kier molecular flexibility index (Phi) is 4.66. The van der Waals surface area contributed by atoms with Crippen molar-refractivity contribution in [3.05, 3.63) is 28.8 Å². The van der Waals surface area contributed by atoms with Crippen molar-refractivity contribution in [3.8, 4) is 5.75 Å². The van der Waals surface area contributed by atoms with E-state index in [1.807, 2.05) is 4.90 Å². The third-order valence-electron chi connectivity index (χ3n) is 3.35. The standard InChI is InChI=1S/C14H19ClN2O2/c1-10(14(18)17-7-2-3-8-17)19-13-6-4-5-12(15)11(13)9-16/h4-6,10H,2-3,7-9,16H2,1H3. The van der Waals surface area contributed by atoms with Gasteiger partial charge in [0, 0.05) is 30.2 Å². The van der Waals surface area contributed by atoms with Gasteiger partial charge < -0.3 is 15.4 Å². The summed E-state index contributed by atoms with van der Waals surface area (Å²) < 4.78 is 5.74. The van der Waals surface area contributed by atoms with E-state index in [0.29, 0.717) is 17.3 Å². The summed E-state index contributed by atoms with van der Waals surface area (Å²) in [7, 11) is 0. The maximum atomic E-state index is 12.2. The number of ether oxygens (including phenoxy) is 1. The fourth-order valence-corrected chi connectivity index (χ4v) is 2.53. The number of carbonyl (C=O) groups excluding carboxylic acids is 1. The highest BCUT2D eigenvalue weighted by molar-refractivity contribution is 6.31. The predicted molar refractivity (Wildman–Crippen MR) is 75.2 cm³/mol. The second-order valence-corrected chi connectivity index (χ2v) is 5.12. The molecule has 1 atom stereocenters. The number of nitrogens with zero attached hydrogens (tertiary/aromatic N) is 1. The lowest BCUT2D eigenvalue weighted by molar-refractivity contribution is -0.136. The first kappa shape index (κ1) is 14.2. The maximum Gasteiger partial charge on any atom is 0.263 e. The van der Waals surface area contributed by atoms with Crippen molar-refractivity contribution < 1.29 is 9.53 Å². The molecule has 0 radical (unpaired) electrons. The van der Waals surface area contributed by atoms with Crippen LogP contribution in [-0.2, 0) is 11.3 Å². The molecule has 0 aromatic heterocycles. The molecule has 0 spiro atoms. The van der Waals surface area contributed by atoms with Gasteiger partial charge >= 0.3 is 0 Å². The highest BCUT2D eigenvalue weighted by Crippen LogP contribution is 2.27. The Morgan fingerprint density at radius 3 is 2.79 bits per heavy atom. The van der Waals surface area contributed by atoms with Crippen molar-refractivity contribution in [1.82, 2.24) is 4.90 Å². The number of nitrogens with two attached hydrogens (primary N) is 1. The molecule has 2 rings (SSSR count). The van der Waals surface area contributed by atoms with E-state index in [9.17, 15) is 4.79 Å². The number of benzene rings is 1. The van der Waals surface area contributed by atoms with E-state index in [0.717, 1.165) is 31.5 Å². The van der Waals surface area contributed by atoms with Crippen LogP contribution >= 0.6 is 11.6 Å². The van der Waals surface area contributed by atoms with Gasteiger partial charge in [-0.05, 0) is 31.9 Å². The molecule has 0 bridgehead atoms. The van der Waals surface area contributed by atoms with Crippen LogP contribution in [0.25, 0.3) is 0 Å². The number of hydrogen-bond donors (Lipinski definition) is 1. The Morgan fingerprint density at radius 2 is 2.16 bits per heavy atom. The zero-order valence-corrected chi connectivity index (χ0v) is 11.8. The Labute approximate surface area is 118 Å². The first-order valence-corrected chi connectivity index (χ1v) is 6.94. The van der Waals surface area contributed by atoms with Gasteiger partial charge in [0.25, 0.3) is 5.91 Å². The number of rotatable bonds is 4. The molecule has 4 nitrogen and oxygen atoms in total. The second kappa shape index (κ2) is 6.26. The van der Waals surface area contributed by atoms with E-state index < -0.39 is 6.10 Å². The third-order valence-corrected chi connectivity index (χ3v) is 3.70. The molecule has 1 aromatic rings. The highest BCUT2D eigenvalue weighted by atomic mass is 35.5. The van der Waals surface area contributed by atoms with Crippen LogP contribution in [0, 0.1) is 0 Å². The summed E-state index contributed by atoms with van der Waals surface area (Å²) >= 11 is 6.06. The molecule has 1 aromatic carbocycles. The van der Waals surface area contributed by atoms with Gasteiger partial charge in [0.05, 0.1) is 0 Å². The SMILES string of the molecule is CC(Oc1cccc(Cl)c1CN)C(=O)N1CCCC1. The van der Waals surface area contributed by atoms with Crippen LogP contribution in [0.2, 0.25) is 5.02 Å². The minimum absolute atomic E-state index is 0.0282. The fourth-order valence-electron chi connectivity index (χ4n) is 2.28. The average molecular weight is 283 g/mol. The van der Waals surface area contributed by atoms with Crippen LogP contribution < -0.4 is 10.5 Å². The minimum atomic E-state index is -0.512. The lowest BCUT2D eigenvalue weighted by Gasteiger charge is -2.22. The summed E-state index contributed by atoms with van der Waals surface area (Å²) in [6.07, 6.45) is 1.63. The lowest BCUT2D eigenvalue weighted by atomic mass is 10.2. The van der Waals surface area contributed by atoms with E-state index >= 15 is 0 Å². The first-order valence-electron chi connectivity index (χ1n) is 6.56. The molecular weight excluding hydrogens is 264 g/mol. The van der Waals surface area contributed by atoms with E-state index in [1.54, 1.807) is 25.1 Å². The molecule has 1 fully saturated rings. The molecule has 1 aliphatic rings. The molecule has 5 heteroatoms. The molecule has 2 N–H and O–H groups in total. The zero-order valence-electron chi connectivity index (χ0n) is 11.1. The van der Waals surface area contributed by atoms with E-state index in [-0.39, 0.29) is 5.91 Å². The summed E-state index contributed by atoms with van der Waals surface area (Å²) in [5.41, 5.74) is 6.41. The normalized spacial score (nSPS) is 16.5. The maximum absolute atomic E-state index is 12.2. The van der Waals surface area contributed by atoms with Crippen molar-refractivity contribution >= 4 is 17.5 Å². The van der Waals surface area contributed by atoms with Crippen molar-refractivity contribution in [2.24, 2.45) is 5.73 Å². The summed E-state index contributed by atoms with van der Waals surface area (Å²) in [6.45, 7) is 3.71. The third kappa shape index (κ3) is 3.19. The largest absolute Gasteiger partial charge is 0.481 e. The average Bonchev–Trinajstić information content (AvgIpc) is 2.92. The second-order valence-electron chi connectivity index (χ2n) is 4.71. The van der Waals surface area contributed by atoms with Gasteiger partial charge in [-0.1, -0.05) is 17.7 Å². The van der Waals surface area contributed by atoms with Crippen LogP contribution in [0.3, 0.4) is 0 Å². The minimum Gasteiger partial charge on any atom is -0.481 e. The number of halogens is 1. The van der Waals surface area contributed by atoms with Crippen LogP contribution in [0.15, 0.2) is 18.2 Å². The molecule has 1 aliphatic heterocycles. The van der Waals surface area contributed by atoms with Crippen LogP contribution in [0.4, 0.5) is 0 Å². The van der Waals surface area contributed by atoms with E-state index in [4.69, 9.17) is 22.1 Å². The van der Waals surface area contributed by atoms with Gasteiger partial charge in [0.15, 0.2) is 6.10 Å². The summed E-state index contributed by atoms with van der Waals surface area (Å²) in [5, 5.41) is 0.570. The number of hydrogen-bond acceptors (Lipinski definition) is 3. The Balaban J connectivity index is 2.08. The van der Waals surface area contributed by atoms with Gasteiger partial charge in [0.2, 0.25) is 0 Å². The molecule has 1 heterocycles. The molecule has 1 amide bonds. The fraction of sp³-hybridized carbons (Fsp3) is 0.500.